The van der Waals surface area contributed by atoms with E-state index >= 15 is 0 Å². The highest BCUT2D eigenvalue weighted by atomic mass is 79.9. The highest BCUT2D eigenvalue weighted by molar-refractivity contribution is 9.10. The van der Waals surface area contributed by atoms with Crippen LogP contribution in [-0.2, 0) is 0 Å². The summed E-state index contributed by atoms with van der Waals surface area (Å²) >= 11 is 3.14. The quantitative estimate of drug-likeness (QED) is 0.884. The number of halogens is 3. The van der Waals surface area contributed by atoms with Gasteiger partial charge in [0, 0.05) is 10.0 Å². The lowest BCUT2D eigenvalue weighted by Gasteiger charge is -2.13. The standard InChI is InChI=1S/C14H11BrF2O/c1-8-4-9(6-11(16)5-8)14(18)12-3-2-10(15)7-13(12)17/h2-7,14,18H,1H3. The second-order valence-corrected chi connectivity index (χ2v) is 5.05. The van der Waals surface area contributed by atoms with Gasteiger partial charge in [0.1, 0.15) is 17.7 Å². The molecule has 2 aromatic carbocycles. The van der Waals surface area contributed by atoms with Crippen LogP contribution in [-0.4, -0.2) is 5.11 Å². The van der Waals surface area contributed by atoms with Crippen molar-refractivity contribution in [2.24, 2.45) is 0 Å². The highest BCUT2D eigenvalue weighted by Crippen LogP contribution is 2.27. The van der Waals surface area contributed by atoms with E-state index in [1.165, 1.54) is 24.3 Å². The van der Waals surface area contributed by atoms with E-state index in [-0.39, 0.29) is 5.56 Å². The lowest BCUT2D eigenvalue weighted by molar-refractivity contribution is 0.214. The van der Waals surface area contributed by atoms with Crippen LogP contribution in [0.4, 0.5) is 8.78 Å². The van der Waals surface area contributed by atoms with E-state index in [1.54, 1.807) is 19.1 Å². The molecule has 18 heavy (non-hydrogen) atoms. The maximum Gasteiger partial charge on any atom is 0.130 e. The average molecular weight is 313 g/mol. The van der Waals surface area contributed by atoms with Crippen LogP contribution in [0.15, 0.2) is 40.9 Å². The molecule has 0 radical (unpaired) electrons. The molecule has 0 aromatic heterocycles. The molecule has 0 fully saturated rings. The van der Waals surface area contributed by atoms with Crippen molar-refractivity contribution in [2.75, 3.05) is 0 Å². The van der Waals surface area contributed by atoms with Gasteiger partial charge in [-0.05, 0) is 42.3 Å². The van der Waals surface area contributed by atoms with E-state index in [0.717, 1.165) is 0 Å². The summed E-state index contributed by atoms with van der Waals surface area (Å²) in [7, 11) is 0. The third-order valence-corrected chi connectivity index (χ3v) is 3.13. The van der Waals surface area contributed by atoms with Crippen LogP contribution in [0.2, 0.25) is 0 Å². The minimum Gasteiger partial charge on any atom is -0.384 e. The number of benzene rings is 2. The Morgan fingerprint density at radius 3 is 2.44 bits per heavy atom. The largest absolute Gasteiger partial charge is 0.384 e. The van der Waals surface area contributed by atoms with Crippen LogP contribution in [0, 0.1) is 18.6 Å². The zero-order chi connectivity index (χ0) is 13.3. The van der Waals surface area contributed by atoms with Crippen molar-refractivity contribution in [2.45, 2.75) is 13.0 Å². The average Bonchev–Trinajstić information content (AvgIpc) is 2.26. The molecular formula is C14H11BrF2O. The first kappa shape index (κ1) is 13.2. The predicted octanol–water partition coefficient (Wildman–Crippen LogP) is 4.12. The molecule has 1 unspecified atom stereocenters. The van der Waals surface area contributed by atoms with E-state index in [1.807, 2.05) is 0 Å². The van der Waals surface area contributed by atoms with Crippen LogP contribution in [0.5, 0.6) is 0 Å². The maximum absolute atomic E-state index is 13.7. The molecule has 0 saturated heterocycles. The first-order valence-corrected chi connectivity index (χ1v) is 6.17. The minimum absolute atomic E-state index is 0.128. The summed E-state index contributed by atoms with van der Waals surface area (Å²) in [5.41, 5.74) is 1.15. The number of aryl methyl sites for hydroxylation is 1. The number of aliphatic hydroxyl groups excluding tert-OH is 1. The van der Waals surface area contributed by atoms with Gasteiger partial charge in [0.25, 0.3) is 0 Å². The zero-order valence-electron chi connectivity index (χ0n) is 9.62. The number of aliphatic hydroxyl groups is 1. The zero-order valence-corrected chi connectivity index (χ0v) is 11.2. The fourth-order valence-corrected chi connectivity index (χ4v) is 2.16. The lowest BCUT2D eigenvalue weighted by atomic mass is 9.99. The summed E-state index contributed by atoms with van der Waals surface area (Å²) in [6, 6.07) is 8.57. The highest BCUT2D eigenvalue weighted by Gasteiger charge is 2.16. The smallest absolute Gasteiger partial charge is 0.130 e. The van der Waals surface area contributed by atoms with Crippen molar-refractivity contribution in [3.63, 3.8) is 0 Å². The normalized spacial score (nSPS) is 12.5. The number of hydrogen-bond donors (Lipinski definition) is 1. The molecule has 94 valence electrons. The van der Waals surface area contributed by atoms with Gasteiger partial charge in [-0.2, -0.15) is 0 Å². The molecule has 1 atom stereocenters. The minimum atomic E-state index is -1.17. The van der Waals surface area contributed by atoms with Gasteiger partial charge in [-0.3, -0.25) is 0 Å². The monoisotopic (exact) mass is 312 g/mol. The van der Waals surface area contributed by atoms with E-state index in [9.17, 15) is 13.9 Å². The van der Waals surface area contributed by atoms with Gasteiger partial charge in [-0.25, -0.2) is 8.78 Å². The molecule has 0 amide bonds. The van der Waals surface area contributed by atoms with Crippen LogP contribution >= 0.6 is 15.9 Å². The molecule has 0 spiro atoms. The molecule has 2 rings (SSSR count). The molecule has 0 aliphatic rings. The third-order valence-electron chi connectivity index (χ3n) is 2.64. The molecule has 0 heterocycles. The van der Waals surface area contributed by atoms with Crippen LogP contribution in [0.1, 0.15) is 22.8 Å². The van der Waals surface area contributed by atoms with Crippen molar-refractivity contribution >= 4 is 15.9 Å². The van der Waals surface area contributed by atoms with Crippen molar-refractivity contribution in [3.05, 3.63) is 69.2 Å². The van der Waals surface area contributed by atoms with Gasteiger partial charge in [-0.15, -0.1) is 0 Å². The molecule has 1 N–H and O–H groups in total. The summed E-state index contributed by atoms with van der Waals surface area (Å²) in [5.74, 6) is -0.972. The second kappa shape index (κ2) is 5.16. The van der Waals surface area contributed by atoms with Crippen LogP contribution in [0.3, 0.4) is 0 Å². The fraction of sp³-hybridized carbons (Fsp3) is 0.143. The Kier molecular flexibility index (Phi) is 3.78. The molecule has 1 nitrogen and oxygen atoms in total. The molecule has 2 aromatic rings. The van der Waals surface area contributed by atoms with Crippen molar-refractivity contribution in [1.29, 1.82) is 0 Å². The molecule has 0 saturated carbocycles. The number of hydrogen-bond acceptors (Lipinski definition) is 1. The summed E-state index contributed by atoms with van der Waals surface area (Å²) in [4.78, 5) is 0. The van der Waals surface area contributed by atoms with E-state index in [0.29, 0.717) is 15.6 Å². The first-order valence-electron chi connectivity index (χ1n) is 5.37. The number of rotatable bonds is 2. The fourth-order valence-electron chi connectivity index (χ4n) is 1.83. The van der Waals surface area contributed by atoms with Crippen LogP contribution < -0.4 is 0 Å². The van der Waals surface area contributed by atoms with Gasteiger partial charge in [-0.1, -0.05) is 28.1 Å². The Bertz CT molecular complexity index is 564. The van der Waals surface area contributed by atoms with E-state index < -0.39 is 17.7 Å². The second-order valence-electron chi connectivity index (χ2n) is 4.13. The third kappa shape index (κ3) is 2.76. The van der Waals surface area contributed by atoms with E-state index in [4.69, 9.17) is 0 Å². The van der Waals surface area contributed by atoms with Gasteiger partial charge in [0.05, 0.1) is 0 Å². The Hall–Kier alpha value is -1.26. The molecular weight excluding hydrogens is 302 g/mol. The SMILES string of the molecule is Cc1cc(F)cc(C(O)c2ccc(Br)cc2F)c1. The van der Waals surface area contributed by atoms with Gasteiger partial charge < -0.3 is 5.11 Å². The van der Waals surface area contributed by atoms with Crippen LogP contribution in [0.25, 0.3) is 0 Å². The van der Waals surface area contributed by atoms with Gasteiger partial charge in [0.2, 0.25) is 0 Å². The summed E-state index contributed by atoms with van der Waals surface area (Å²) in [6.45, 7) is 1.72. The Labute approximate surface area is 112 Å². The Balaban J connectivity index is 2.44. The maximum atomic E-state index is 13.7. The van der Waals surface area contributed by atoms with E-state index in [2.05, 4.69) is 15.9 Å². The molecule has 0 aliphatic carbocycles. The van der Waals surface area contributed by atoms with Crippen molar-refractivity contribution in [3.8, 4) is 0 Å². The molecule has 0 aliphatic heterocycles. The molecule has 0 bridgehead atoms. The predicted molar refractivity (Wildman–Crippen MR) is 69.3 cm³/mol. The summed E-state index contributed by atoms with van der Waals surface area (Å²) in [6.07, 6.45) is -1.17. The van der Waals surface area contributed by atoms with Crippen molar-refractivity contribution < 1.29 is 13.9 Å². The molecule has 4 heteroatoms. The van der Waals surface area contributed by atoms with Gasteiger partial charge >= 0.3 is 0 Å². The Morgan fingerprint density at radius 2 is 1.83 bits per heavy atom. The van der Waals surface area contributed by atoms with Gasteiger partial charge in [0.15, 0.2) is 0 Å². The topological polar surface area (TPSA) is 20.2 Å². The summed E-state index contributed by atoms with van der Waals surface area (Å²) in [5, 5.41) is 10.1. The summed E-state index contributed by atoms with van der Waals surface area (Å²) < 4.78 is 27.5. The lowest BCUT2D eigenvalue weighted by Crippen LogP contribution is -2.03. The Morgan fingerprint density at radius 1 is 1.11 bits per heavy atom. The first-order chi connectivity index (χ1) is 8.47. The van der Waals surface area contributed by atoms with Crippen molar-refractivity contribution in [1.82, 2.24) is 0 Å².